The van der Waals surface area contributed by atoms with Crippen molar-refractivity contribution >= 4 is 17.7 Å². The zero-order valence-electron chi connectivity index (χ0n) is 26.5. The van der Waals surface area contributed by atoms with Gasteiger partial charge in [0.2, 0.25) is 0 Å². The van der Waals surface area contributed by atoms with Gasteiger partial charge in [0.05, 0.1) is 24.2 Å². The van der Waals surface area contributed by atoms with Crippen LogP contribution in [0, 0.1) is 44.3 Å². The van der Waals surface area contributed by atoms with Crippen LogP contribution in [0.4, 0.5) is 0 Å². The van der Waals surface area contributed by atoms with Gasteiger partial charge in [-0.2, -0.15) is 0 Å². The first-order valence-corrected chi connectivity index (χ1v) is 16.1. The molecule has 5 fully saturated rings. The molecule has 0 aromatic heterocycles. The van der Waals surface area contributed by atoms with Gasteiger partial charge in [-0.1, -0.05) is 40.2 Å². The molecular weight excluding hydrogens is 518 g/mol. The van der Waals surface area contributed by atoms with Crippen molar-refractivity contribution in [1.29, 1.82) is 0 Å². The summed E-state index contributed by atoms with van der Waals surface area (Å²) in [4.78, 5) is 46.8. The van der Waals surface area contributed by atoms with Crippen LogP contribution < -0.4 is 0 Å². The molecule has 6 rings (SSSR count). The van der Waals surface area contributed by atoms with Gasteiger partial charge in [-0.3, -0.25) is 19.2 Å². The second kappa shape index (κ2) is 8.68. The maximum Gasteiger partial charge on any atom is 0.309 e. The Bertz CT molecular complexity index is 1230. The Morgan fingerprint density at radius 1 is 0.976 bits per heavy atom. The van der Waals surface area contributed by atoms with Crippen LogP contribution in [-0.2, 0) is 24.0 Å². The van der Waals surface area contributed by atoms with Crippen LogP contribution in [0.5, 0.6) is 0 Å². The highest BCUT2D eigenvalue weighted by Crippen LogP contribution is 2.79. The molecule has 0 bridgehead atoms. The highest BCUT2D eigenvalue weighted by atomic mass is 16.7. The number of hydroxylamine groups is 2. The van der Waals surface area contributed by atoms with E-state index in [0.717, 1.165) is 51.4 Å². The van der Waals surface area contributed by atoms with Gasteiger partial charge in [0, 0.05) is 17.9 Å². The van der Waals surface area contributed by atoms with Crippen LogP contribution in [-0.4, -0.2) is 53.2 Å². The van der Waals surface area contributed by atoms with Gasteiger partial charge >= 0.3 is 5.97 Å². The molecule has 7 heteroatoms. The second-order valence-corrected chi connectivity index (χ2v) is 16.1. The monoisotopic (exact) mass is 569 g/mol. The van der Waals surface area contributed by atoms with Gasteiger partial charge in [-0.25, -0.2) is 5.06 Å². The Hall–Kier alpha value is -1.73. The van der Waals surface area contributed by atoms with Crippen molar-refractivity contribution in [2.24, 2.45) is 44.3 Å². The van der Waals surface area contributed by atoms with Crippen LogP contribution in [0.1, 0.15) is 113 Å². The fourth-order valence-corrected chi connectivity index (χ4v) is 11.9. The molecule has 0 aromatic rings. The van der Waals surface area contributed by atoms with Crippen molar-refractivity contribution in [2.75, 3.05) is 13.7 Å². The molecule has 6 aliphatic rings. The van der Waals surface area contributed by atoms with E-state index < -0.39 is 27.8 Å². The number of carboxylic acid groups (broad SMARTS) is 1. The zero-order chi connectivity index (χ0) is 30.0. The number of ether oxygens (including phenoxy) is 1. The maximum absolute atomic E-state index is 14.7. The number of rotatable bonds is 5. The SMILES string of the molecule is CCCO[C@H]1CC[C@]2(C)[C@H]3C(=O)C=C4[C@@H]5C[C@@](C)(C(=O)O)CC[C@]5(C)CC[C@@]4(C)[C@]3(C)CC[C@]23N(OC)C(=O)[C@]13C. The number of hydrogen-bond donors (Lipinski definition) is 1. The Kier molecular flexibility index (Phi) is 6.21. The Morgan fingerprint density at radius 3 is 2.29 bits per heavy atom. The summed E-state index contributed by atoms with van der Waals surface area (Å²) in [5.41, 5.74) is -1.89. The molecule has 5 aliphatic carbocycles. The number of carboxylic acids is 1. The van der Waals surface area contributed by atoms with Crippen molar-refractivity contribution in [1.82, 2.24) is 5.06 Å². The molecule has 10 atom stereocenters. The summed E-state index contributed by atoms with van der Waals surface area (Å²) in [6.45, 7) is 16.0. The maximum atomic E-state index is 14.7. The number of nitrogens with zero attached hydrogens (tertiary/aromatic N) is 1. The number of carbonyl (C=O) groups is 3. The number of amides is 1. The molecule has 0 radical (unpaired) electrons. The third-order valence-electron chi connectivity index (χ3n) is 14.6. The normalized spacial score (nSPS) is 52.2. The molecule has 41 heavy (non-hydrogen) atoms. The lowest BCUT2D eigenvalue weighted by molar-refractivity contribution is -0.370. The lowest BCUT2D eigenvalue weighted by Gasteiger charge is -2.79. The van der Waals surface area contributed by atoms with Gasteiger partial charge in [0.25, 0.3) is 5.91 Å². The molecule has 4 saturated carbocycles. The fraction of sp³-hybridized carbons (Fsp3) is 0.853. The van der Waals surface area contributed by atoms with Crippen molar-refractivity contribution < 1.29 is 29.1 Å². The lowest BCUT2D eigenvalue weighted by Crippen LogP contribution is -2.89. The third kappa shape index (κ3) is 3.11. The summed E-state index contributed by atoms with van der Waals surface area (Å²) in [6.07, 6.45) is 10.0. The molecule has 228 valence electrons. The molecule has 1 aliphatic heterocycles. The van der Waals surface area contributed by atoms with Crippen LogP contribution >= 0.6 is 0 Å². The van der Waals surface area contributed by atoms with Crippen molar-refractivity contribution in [3.8, 4) is 0 Å². The fourth-order valence-electron chi connectivity index (χ4n) is 11.9. The van der Waals surface area contributed by atoms with E-state index in [1.54, 1.807) is 12.2 Å². The molecule has 1 spiro atoms. The zero-order valence-corrected chi connectivity index (χ0v) is 26.5. The van der Waals surface area contributed by atoms with E-state index in [0.29, 0.717) is 19.4 Å². The average Bonchev–Trinajstić information content (AvgIpc) is 2.91. The average molecular weight is 570 g/mol. The predicted octanol–water partition coefficient (Wildman–Crippen LogP) is 6.35. The standard InChI is InChI=1S/C34H51NO6/c1-9-18-41-24-10-11-32(6)25-23(36)19-21-22-20-29(3,27(38)39)13-12-28(22,2)14-15-30(21,4)31(25,5)16-17-34(32)33(24,7)26(37)35(34)40-8/h19,22,24-25H,9-18,20H2,1-8H3,(H,38,39)/t22-,24-,25-,28+,29-,30+,31+,32+,33-,34-/m0/s1. The number of β-lactam (4-membered cyclic amide) rings is 1. The van der Waals surface area contributed by atoms with E-state index in [1.807, 2.05) is 13.0 Å². The van der Waals surface area contributed by atoms with Crippen molar-refractivity contribution in [2.45, 2.75) is 124 Å². The number of fused-ring (bicyclic) bond motifs is 6. The first-order valence-electron chi connectivity index (χ1n) is 16.1. The molecule has 7 nitrogen and oxygen atoms in total. The minimum atomic E-state index is -0.767. The Balaban J connectivity index is 1.48. The summed E-state index contributed by atoms with van der Waals surface area (Å²) in [5, 5.41) is 11.8. The summed E-state index contributed by atoms with van der Waals surface area (Å²) in [6, 6.07) is 0. The van der Waals surface area contributed by atoms with Gasteiger partial charge in [0.1, 0.15) is 5.41 Å². The summed E-state index contributed by atoms with van der Waals surface area (Å²) >= 11 is 0. The van der Waals surface area contributed by atoms with E-state index in [1.165, 1.54) is 5.57 Å². The minimum Gasteiger partial charge on any atom is -0.481 e. The van der Waals surface area contributed by atoms with Gasteiger partial charge in [-0.15, -0.1) is 0 Å². The summed E-state index contributed by atoms with van der Waals surface area (Å²) < 4.78 is 6.38. The van der Waals surface area contributed by atoms with Crippen LogP contribution in [0.3, 0.4) is 0 Å². The molecule has 0 aromatic carbocycles. The molecule has 1 heterocycles. The quantitative estimate of drug-likeness (QED) is 0.388. The number of hydrogen-bond acceptors (Lipinski definition) is 5. The largest absolute Gasteiger partial charge is 0.481 e. The first-order chi connectivity index (χ1) is 19.1. The molecule has 1 N–H and O–H groups in total. The first kappa shape index (κ1) is 29.3. The van der Waals surface area contributed by atoms with Crippen molar-refractivity contribution in [3.63, 3.8) is 0 Å². The van der Waals surface area contributed by atoms with Crippen LogP contribution in [0.25, 0.3) is 0 Å². The number of ketones is 1. The molecule has 1 saturated heterocycles. The lowest BCUT2D eigenvalue weighted by atomic mass is 9.30. The van der Waals surface area contributed by atoms with Crippen molar-refractivity contribution in [3.05, 3.63) is 11.6 Å². The van der Waals surface area contributed by atoms with Gasteiger partial charge < -0.3 is 9.84 Å². The number of carbonyl (C=O) groups excluding carboxylic acids is 2. The highest BCUT2D eigenvalue weighted by Gasteiger charge is 2.85. The molecule has 1 amide bonds. The molecule has 0 unspecified atom stereocenters. The van der Waals surface area contributed by atoms with Crippen LogP contribution in [0.2, 0.25) is 0 Å². The van der Waals surface area contributed by atoms with E-state index in [4.69, 9.17) is 9.57 Å². The third-order valence-corrected chi connectivity index (χ3v) is 14.6. The smallest absolute Gasteiger partial charge is 0.309 e. The highest BCUT2D eigenvalue weighted by molar-refractivity contribution is 5.98. The van der Waals surface area contributed by atoms with E-state index in [2.05, 4.69) is 41.5 Å². The number of aliphatic carboxylic acids is 1. The number of allylic oxidation sites excluding steroid dienone is 2. The molecular formula is C34H51NO6. The van der Waals surface area contributed by atoms with E-state index in [-0.39, 0.29) is 45.9 Å². The topological polar surface area (TPSA) is 93.1 Å². The van der Waals surface area contributed by atoms with Gasteiger partial charge in [-0.05, 0) is 106 Å². The van der Waals surface area contributed by atoms with Gasteiger partial charge in [0.15, 0.2) is 5.78 Å². The van der Waals surface area contributed by atoms with E-state index >= 15 is 0 Å². The summed E-state index contributed by atoms with van der Waals surface area (Å²) in [7, 11) is 1.59. The minimum absolute atomic E-state index is 0.0179. The second-order valence-electron chi connectivity index (χ2n) is 16.1. The predicted molar refractivity (Wildman–Crippen MR) is 155 cm³/mol. The van der Waals surface area contributed by atoms with E-state index in [9.17, 15) is 19.5 Å². The Labute approximate surface area is 245 Å². The Morgan fingerprint density at radius 2 is 1.66 bits per heavy atom. The summed E-state index contributed by atoms with van der Waals surface area (Å²) in [5.74, 6) is -0.746. The van der Waals surface area contributed by atoms with Crippen LogP contribution in [0.15, 0.2) is 11.6 Å².